The van der Waals surface area contributed by atoms with Crippen molar-refractivity contribution in [1.29, 1.82) is 0 Å². The largest absolute Gasteiger partial charge is 0.411 e. The summed E-state index contributed by atoms with van der Waals surface area (Å²) in [4.78, 5) is 18.9. The van der Waals surface area contributed by atoms with E-state index in [0.29, 0.717) is 19.5 Å². The summed E-state index contributed by atoms with van der Waals surface area (Å²) >= 11 is 0. The number of nitrogens with one attached hydrogen (secondary N) is 1. The summed E-state index contributed by atoms with van der Waals surface area (Å²) in [7, 11) is 0. The fraction of sp³-hybridized carbons (Fsp3) is 0.458. The van der Waals surface area contributed by atoms with Gasteiger partial charge in [0, 0.05) is 47.9 Å². The van der Waals surface area contributed by atoms with E-state index in [4.69, 9.17) is 5.10 Å². The molecule has 1 saturated heterocycles. The molecule has 0 radical (unpaired) electrons. The highest BCUT2D eigenvalue weighted by molar-refractivity contribution is 5.83. The van der Waals surface area contributed by atoms with Gasteiger partial charge in [0.25, 0.3) is 0 Å². The number of rotatable bonds is 2. The van der Waals surface area contributed by atoms with E-state index in [1.54, 1.807) is 4.90 Å². The zero-order chi connectivity index (χ0) is 22.8. The number of amides is 2. The molecular weight excluding hydrogens is 431 g/mol. The van der Waals surface area contributed by atoms with E-state index in [1.165, 1.54) is 0 Å². The van der Waals surface area contributed by atoms with Gasteiger partial charge in [0.05, 0.1) is 11.2 Å². The van der Waals surface area contributed by atoms with Crippen LogP contribution in [0.25, 0.3) is 22.2 Å². The molecule has 1 aromatic carbocycles. The van der Waals surface area contributed by atoms with Crippen LogP contribution in [-0.4, -0.2) is 50.5 Å². The third kappa shape index (κ3) is 3.12. The van der Waals surface area contributed by atoms with Gasteiger partial charge in [-0.05, 0) is 50.3 Å². The van der Waals surface area contributed by atoms with E-state index in [0.717, 1.165) is 47.2 Å². The summed E-state index contributed by atoms with van der Waals surface area (Å²) in [6.45, 7) is 1.59. The van der Waals surface area contributed by atoms with Gasteiger partial charge in [0.1, 0.15) is 5.54 Å². The Morgan fingerprint density at radius 2 is 1.85 bits per heavy atom. The molecule has 1 spiro atoms. The molecule has 4 heterocycles. The second-order valence-corrected chi connectivity index (χ2v) is 9.62. The molecule has 6 rings (SSSR count). The highest BCUT2D eigenvalue weighted by Gasteiger charge is 2.60. The number of alkyl halides is 3. The maximum absolute atomic E-state index is 13.5. The van der Waals surface area contributed by atoms with Gasteiger partial charge < -0.3 is 10.2 Å². The van der Waals surface area contributed by atoms with Crippen molar-refractivity contribution in [2.75, 3.05) is 13.1 Å². The van der Waals surface area contributed by atoms with Gasteiger partial charge in [0.2, 0.25) is 0 Å². The van der Waals surface area contributed by atoms with E-state index in [-0.39, 0.29) is 18.3 Å². The molecule has 9 heteroatoms. The first-order valence-electron chi connectivity index (χ1n) is 11.4. The summed E-state index contributed by atoms with van der Waals surface area (Å²) in [6.07, 6.45) is -0.659. The van der Waals surface area contributed by atoms with Crippen LogP contribution in [0.3, 0.4) is 0 Å². The number of urea groups is 1. The molecule has 2 aromatic heterocycles. The first-order valence-corrected chi connectivity index (χ1v) is 11.4. The highest BCUT2D eigenvalue weighted by atomic mass is 19.4. The monoisotopic (exact) mass is 455 g/mol. The fourth-order valence-electron chi connectivity index (χ4n) is 5.57. The highest BCUT2D eigenvalue weighted by Crippen LogP contribution is 2.47. The van der Waals surface area contributed by atoms with Gasteiger partial charge in [-0.1, -0.05) is 18.2 Å². The second-order valence-electron chi connectivity index (χ2n) is 9.62. The van der Waals surface area contributed by atoms with Crippen molar-refractivity contribution in [3.63, 3.8) is 0 Å². The van der Waals surface area contributed by atoms with Crippen molar-refractivity contribution >= 4 is 16.9 Å². The van der Waals surface area contributed by atoms with Gasteiger partial charge in [0.15, 0.2) is 0 Å². The van der Waals surface area contributed by atoms with Crippen LogP contribution in [0.15, 0.2) is 42.6 Å². The van der Waals surface area contributed by atoms with Crippen LogP contribution >= 0.6 is 0 Å². The smallest absolute Gasteiger partial charge is 0.324 e. The van der Waals surface area contributed by atoms with Crippen molar-refractivity contribution in [3.05, 3.63) is 48.3 Å². The lowest BCUT2D eigenvalue weighted by atomic mass is 9.76. The molecule has 1 aliphatic carbocycles. The summed E-state index contributed by atoms with van der Waals surface area (Å²) in [5.74, 6) is 0. The minimum atomic E-state index is -4.42. The van der Waals surface area contributed by atoms with E-state index < -0.39 is 17.7 Å². The minimum absolute atomic E-state index is 0.0445. The lowest BCUT2D eigenvalue weighted by Crippen LogP contribution is -2.64. The zero-order valence-corrected chi connectivity index (χ0v) is 18.0. The molecule has 172 valence electrons. The zero-order valence-electron chi connectivity index (χ0n) is 18.0. The normalized spacial score (nSPS) is 23.7. The lowest BCUT2D eigenvalue weighted by Gasteiger charge is -2.44. The van der Waals surface area contributed by atoms with Crippen molar-refractivity contribution in [2.24, 2.45) is 0 Å². The Morgan fingerprint density at radius 1 is 1.06 bits per heavy atom. The Kier molecular flexibility index (Phi) is 4.32. The predicted octanol–water partition coefficient (Wildman–Crippen LogP) is 4.64. The number of fused-ring (bicyclic) bond motifs is 3. The molecule has 6 nitrogen and oxygen atoms in total. The van der Waals surface area contributed by atoms with Crippen LogP contribution in [0.2, 0.25) is 0 Å². The van der Waals surface area contributed by atoms with Crippen molar-refractivity contribution < 1.29 is 18.0 Å². The van der Waals surface area contributed by atoms with E-state index in [2.05, 4.69) is 22.4 Å². The number of halogens is 3. The van der Waals surface area contributed by atoms with E-state index in [9.17, 15) is 18.0 Å². The molecule has 0 bridgehead atoms. The molecule has 3 aromatic rings. The Hall–Kier alpha value is -3.10. The molecule has 1 saturated carbocycles. The molecular formula is C24H24F3N5O. The minimum Gasteiger partial charge on any atom is -0.324 e. The topological polar surface area (TPSA) is 63.1 Å². The van der Waals surface area contributed by atoms with Gasteiger partial charge in [-0.3, -0.25) is 9.67 Å². The number of hydrogen-bond acceptors (Lipinski definition) is 3. The maximum Gasteiger partial charge on any atom is 0.411 e. The van der Waals surface area contributed by atoms with Crippen LogP contribution in [0, 0.1) is 0 Å². The van der Waals surface area contributed by atoms with Gasteiger partial charge in [-0.2, -0.15) is 18.3 Å². The number of likely N-dealkylation sites (tertiary alicyclic amines) is 1. The third-order valence-corrected chi connectivity index (χ3v) is 7.75. The van der Waals surface area contributed by atoms with Crippen molar-refractivity contribution in [3.8, 4) is 11.3 Å². The number of carbonyl (C=O) groups excluding carboxylic acids is 1. The van der Waals surface area contributed by atoms with E-state index in [1.807, 2.05) is 35.1 Å². The number of aromatic nitrogens is 3. The maximum atomic E-state index is 13.5. The molecule has 1 unspecified atom stereocenters. The van der Waals surface area contributed by atoms with Crippen LogP contribution in [0.4, 0.5) is 18.0 Å². The molecule has 2 fully saturated rings. The summed E-state index contributed by atoms with van der Waals surface area (Å²) < 4.78 is 42.5. The molecule has 1 N–H and O–H groups in total. The SMILES string of the molecule is O=C(NC1(C(F)(F)F)CCC1)N1CCC2(CCn3nc(-c4cnc5ccccc5c4)cc32)C1. The molecule has 33 heavy (non-hydrogen) atoms. The second kappa shape index (κ2) is 6.95. The molecule has 1 atom stereocenters. The van der Waals surface area contributed by atoms with E-state index >= 15 is 0 Å². The third-order valence-electron chi connectivity index (χ3n) is 7.75. The number of benzene rings is 1. The molecule has 2 aliphatic heterocycles. The summed E-state index contributed by atoms with van der Waals surface area (Å²) in [6, 6.07) is 11.4. The fourth-order valence-corrected chi connectivity index (χ4v) is 5.57. The Balaban J connectivity index is 1.23. The van der Waals surface area contributed by atoms with Crippen LogP contribution in [0.5, 0.6) is 0 Å². The van der Waals surface area contributed by atoms with Gasteiger partial charge >= 0.3 is 12.2 Å². The van der Waals surface area contributed by atoms with Gasteiger partial charge in [-0.25, -0.2) is 4.79 Å². The Bertz CT molecular complexity index is 1250. The lowest BCUT2D eigenvalue weighted by molar-refractivity contribution is -0.215. The number of nitrogens with zero attached hydrogens (tertiary/aromatic N) is 4. The van der Waals surface area contributed by atoms with Crippen molar-refractivity contribution in [1.82, 2.24) is 25.0 Å². The number of pyridine rings is 1. The number of carbonyl (C=O) groups is 1. The van der Waals surface area contributed by atoms with Gasteiger partial charge in [-0.15, -0.1) is 0 Å². The van der Waals surface area contributed by atoms with Crippen LogP contribution in [0.1, 0.15) is 37.8 Å². The average Bonchev–Trinajstić information content (AvgIpc) is 3.46. The Labute approximate surface area is 188 Å². The Morgan fingerprint density at radius 3 is 2.61 bits per heavy atom. The standard InChI is InChI=1S/C24H24F3N5O/c25-24(26,27)23(6-3-7-23)29-21(33)31-10-8-22(15-31)9-11-32-20(22)13-19(30-32)17-12-16-4-1-2-5-18(16)28-14-17/h1-2,4-5,12-14H,3,6-11,15H2,(H,29,33). The summed E-state index contributed by atoms with van der Waals surface area (Å²) in [5.41, 5.74) is 1.40. The first kappa shape index (κ1) is 20.5. The number of hydrogen-bond donors (Lipinski definition) is 1. The van der Waals surface area contributed by atoms with Crippen molar-refractivity contribution in [2.45, 2.75) is 55.8 Å². The predicted molar refractivity (Wildman–Crippen MR) is 117 cm³/mol. The average molecular weight is 455 g/mol. The first-order chi connectivity index (χ1) is 15.8. The van der Waals surface area contributed by atoms with Crippen LogP contribution in [-0.2, 0) is 12.0 Å². The molecule has 3 aliphatic rings. The number of aryl methyl sites for hydroxylation is 1. The number of para-hydroxylation sites is 1. The quantitative estimate of drug-likeness (QED) is 0.612. The van der Waals surface area contributed by atoms with Crippen LogP contribution < -0.4 is 5.32 Å². The summed E-state index contributed by atoms with van der Waals surface area (Å²) in [5, 5.41) is 8.14. The molecule has 2 amide bonds.